The van der Waals surface area contributed by atoms with Gasteiger partial charge < -0.3 is 14.6 Å². The Balaban J connectivity index is 1.92. The first-order chi connectivity index (χ1) is 6.40. The summed E-state index contributed by atoms with van der Waals surface area (Å²) < 4.78 is 10.2. The number of nitrogens with one attached hydrogen (secondary N) is 1. The van der Waals surface area contributed by atoms with Gasteiger partial charge in [-0.1, -0.05) is 5.16 Å². The van der Waals surface area contributed by atoms with Gasteiger partial charge in [-0.05, 0) is 6.92 Å². The van der Waals surface area contributed by atoms with E-state index in [1.54, 1.807) is 0 Å². The van der Waals surface area contributed by atoms with Crippen molar-refractivity contribution in [2.75, 3.05) is 19.7 Å². The van der Waals surface area contributed by atoms with Crippen LogP contribution in [0.5, 0.6) is 0 Å². The Morgan fingerprint density at radius 1 is 1.62 bits per heavy atom. The Kier molecular flexibility index (Phi) is 2.56. The van der Waals surface area contributed by atoms with E-state index < -0.39 is 0 Å². The second kappa shape index (κ2) is 3.85. The van der Waals surface area contributed by atoms with Crippen molar-refractivity contribution in [2.45, 2.75) is 19.4 Å². The van der Waals surface area contributed by atoms with Gasteiger partial charge in [-0.3, -0.25) is 0 Å². The summed E-state index contributed by atoms with van der Waals surface area (Å²) in [6.45, 7) is 4.93. The maximum absolute atomic E-state index is 5.15. The highest BCUT2D eigenvalue weighted by Crippen LogP contribution is 2.16. The molecular formula is C8H13N3O2. The molecular weight excluding hydrogens is 170 g/mol. The van der Waals surface area contributed by atoms with E-state index in [-0.39, 0.29) is 0 Å². The van der Waals surface area contributed by atoms with E-state index in [2.05, 4.69) is 15.5 Å². The van der Waals surface area contributed by atoms with Gasteiger partial charge in [0.05, 0.1) is 0 Å². The zero-order valence-corrected chi connectivity index (χ0v) is 7.62. The van der Waals surface area contributed by atoms with Gasteiger partial charge in [0, 0.05) is 25.6 Å². The molecule has 0 atom stereocenters. The lowest BCUT2D eigenvalue weighted by molar-refractivity contribution is 0.109. The Hall–Kier alpha value is -0.940. The average Bonchev–Trinajstić information content (AvgIpc) is 2.46. The van der Waals surface area contributed by atoms with Crippen LogP contribution < -0.4 is 5.32 Å². The average molecular weight is 183 g/mol. The Morgan fingerprint density at radius 2 is 2.46 bits per heavy atom. The minimum atomic E-state index is 0.420. The van der Waals surface area contributed by atoms with E-state index >= 15 is 0 Å². The summed E-state index contributed by atoms with van der Waals surface area (Å²) in [5.74, 6) is 1.80. The summed E-state index contributed by atoms with van der Waals surface area (Å²) in [5, 5.41) is 7.04. The number of hydrogen-bond donors (Lipinski definition) is 1. The van der Waals surface area contributed by atoms with E-state index in [0.717, 1.165) is 18.9 Å². The van der Waals surface area contributed by atoms with Crippen molar-refractivity contribution in [3.8, 4) is 0 Å². The second-order valence-corrected chi connectivity index (χ2v) is 3.04. The molecule has 1 N–H and O–H groups in total. The van der Waals surface area contributed by atoms with Crippen LogP contribution >= 0.6 is 0 Å². The van der Waals surface area contributed by atoms with Gasteiger partial charge in [-0.25, -0.2) is 0 Å². The Bertz CT molecular complexity index is 270. The van der Waals surface area contributed by atoms with Gasteiger partial charge in [0.2, 0.25) is 0 Å². The number of nitrogens with zero attached hydrogens (tertiary/aromatic N) is 2. The third-order valence-corrected chi connectivity index (χ3v) is 2.06. The van der Waals surface area contributed by atoms with Crippen LogP contribution in [0.1, 0.15) is 24.6 Å². The number of rotatable bonds is 4. The molecule has 2 heterocycles. The molecule has 0 saturated carbocycles. The van der Waals surface area contributed by atoms with Crippen molar-refractivity contribution in [1.82, 2.24) is 15.5 Å². The summed E-state index contributed by atoms with van der Waals surface area (Å²) >= 11 is 0. The van der Waals surface area contributed by atoms with Crippen molar-refractivity contribution in [3.05, 3.63) is 11.7 Å². The first-order valence-electron chi connectivity index (χ1n) is 4.51. The van der Waals surface area contributed by atoms with Crippen LogP contribution in [-0.2, 0) is 11.3 Å². The van der Waals surface area contributed by atoms with E-state index in [9.17, 15) is 0 Å². The molecule has 1 saturated heterocycles. The highest BCUT2D eigenvalue weighted by Gasteiger charge is 2.24. The van der Waals surface area contributed by atoms with Crippen molar-refractivity contribution in [1.29, 1.82) is 0 Å². The lowest BCUT2D eigenvalue weighted by Crippen LogP contribution is -2.40. The zero-order chi connectivity index (χ0) is 9.10. The molecule has 0 aromatic carbocycles. The molecule has 1 aliphatic heterocycles. The lowest BCUT2D eigenvalue weighted by atomic mass is 10.0. The SMILES string of the molecule is CCOCc1nc(C2CNC2)no1. The third-order valence-electron chi connectivity index (χ3n) is 2.06. The fraction of sp³-hybridized carbons (Fsp3) is 0.750. The molecule has 0 unspecified atom stereocenters. The number of hydrogen-bond acceptors (Lipinski definition) is 5. The Labute approximate surface area is 76.5 Å². The topological polar surface area (TPSA) is 60.2 Å². The fourth-order valence-corrected chi connectivity index (χ4v) is 1.15. The van der Waals surface area contributed by atoms with Crippen LogP contribution in [0, 0.1) is 0 Å². The van der Waals surface area contributed by atoms with Gasteiger partial charge in [-0.2, -0.15) is 4.98 Å². The summed E-state index contributed by atoms with van der Waals surface area (Å²) in [6, 6.07) is 0. The van der Waals surface area contributed by atoms with Crippen LogP contribution in [0.15, 0.2) is 4.52 Å². The van der Waals surface area contributed by atoms with E-state index in [4.69, 9.17) is 9.26 Å². The molecule has 5 nitrogen and oxygen atoms in total. The van der Waals surface area contributed by atoms with Crippen LogP contribution in [0.3, 0.4) is 0 Å². The molecule has 0 radical (unpaired) electrons. The summed E-state index contributed by atoms with van der Waals surface area (Å²) in [4.78, 5) is 4.23. The molecule has 0 bridgehead atoms. The standard InChI is InChI=1S/C8H13N3O2/c1-2-12-5-7-10-8(11-13-7)6-3-9-4-6/h6,9H,2-5H2,1H3. The molecule has 0 spiro atoms. The first kappa shape index (κ1) is 8.65. The largest absolute Gasteiger partial charge is 0.372 e. The number of ether oxygens (including phenoxy) is 1. The molecule has 1 aliphatic rings. The molecule has 5 heteroatoms. The minimum absolute atomic E-state index is 0.420. The van der Waals surface area contributed by atoms with Crippen LogP contribution in [0.25, 0.3) is 0 Å². The lowest BCUT2D eigenvalue weighted by Gasteiger charge is -2.23. The molecule has 1 aromatic rings. The van der Waals surface area contributed by atoms with Gasteiger partial charge >= 0.3 is 0 Å². The monoisotopic (exact) mass is 183 g/mol. The van der Waals surface area contributed by atoms with Gasteiger partial charge in [0.15, 0.2) is 5.82 Å². The maximum atomic E-state index is 5.15. The molecule has 13 heavy (non-hydrogen) atoms. The maximum Gasteiger partial charge on any atom is 0.252 e. The van der Waals surface area contributed by atoms with Crippen molar-refractivity contribution >= 4 is 0 Å². The predicted molar refractivity (Wildman–Crippen MR) is 45.2 cm³/mol. The van der Waals surface area contributed by atoms with Crippen LogP contribution in [0.4, 0.5) is 0 Å². The van der Waals surface area contributed by atoms with E-state index in [0.29, 0.717) is 25.0 Å². The molecule has 72 valence electrons. The van der Waals surface area contributed by atoms with Gasteiger partial charge in [0.1, 0.15) is 6.61 Å². The molecule has 0 aliphatic carbocycles. The minimum Gasteiger partial charge on any atom is -0.372 e. The van der Waals surface area contributed by atoms with E-state index in [1.165, 1.54) is 0 Å². The van der Waals surface area contributed by atoms with Crippen molar-refractivity contribution in [3.63, 3.8) is 0 Å². The highest BCUT2D eigenvalue weighted by atomic mass is 16.5. The predicted octanol–water partition coefficient (Wildman–Crippen LogP) is 0.293. The normalized spacial score (nSPS) is 17.3. The highest BCUT2D eigenvalue weighted by molar-refractivity contribution is 5.01. The van der Waals surface area contributed by atoms with Crippen LogP contribution in [0.2, 0.25) is 0 Å². The molecule has 2 rings (SSSR count). The molecule has 1 fully saturated rings. The van der Waals surface area contributed by atoms with Gasteiger partial charge in [-0.15, -0.1) is 0 Å². The molecule has 1 aromatic heterocycles. The van der Waals surface area contributed by atoms with Crippen LogP contribution in [-0.4, -0.2) is 29.8 Å². The molecule has 0 amide bonds. The summed E-state index contributed by atoms with van der Waals surface area (Å²) in [6.07, 6.45) is 0. The van der Waals surface area contributed by atoms with Gasteiger partial charge in [0.25, 0.3) is 5.89 Å². The third kappa shape index (κ3) is 1.87. The fourth-order valence-electron chi connectivity index (χ4n) is 1.15. The smallest absolute Gasteiger partial charge is 0.252 e. The Morgan fingerprint density at radius 3 is 3.08 bits per heavy atom. The second-order valence-electron chi connectivity index (χ2n) is 3.04. The zero-order valence-electron chi connectivity index (χ0n) is 7.62. The quantitative estimate of drug-likeness (QED) is 0.727. The first-order valence-corrected chi connectivity index (χ1v) is 4.51. The van der Waals surface area contributed by atoms with Crippen molar-refractivity contribution < 1.29 is 9.26 Å². The summed E-state index contributed by atoms with van der Waals surface area (Å²) in [7, 11) is 0. The van der Waals surface area contributed by atoms with Crippen molar-refractivity contribution in [2.24, 2.45) is 0 Å². The van der Waals surface area contributed by atoms with E-state index in [1.807, 2.05) is 6.92 Å². The number of aromatic nitrogens is 2. The summed E-state index contributed by atoms with van der Waals surface area (Å²) in [5.41, 5.74) is 0.